The van der Waals surface area contributed by atoms with Gasteiger partial charge in [-0.3, -0.25) is 9.59 Å². The molecule has 16 heteroatoms. The summed E-state index contributed by atoms with van der Waals surface area (Å²) in [6, 6.07) is 27.5. The van der Waals surface area contributed by atoms with E-state index in [9.17, 15) is 31.2 Å². The molecule has 0 aliphatic heterocycles. The van der Waals surface area contributed by atoms with Crippen molar-refractivity contribution in [2.75, 3.05) is 18.0 Å². The van der Waals surface area contributed by atoms with Crippen molar-refractivity contribution in [3.63, 3.8) is 0 Å². The largest absolute Gasteiger partial charge is 1.00 e. The molecule has 0 saturated carbocycles. The Morgan fingerprint density at radius 1 is 0.830 bits per heavy atom. The molecule has 0 amide bonds. The molecule has 0 radical (unpaired) electrons. The summed E-state index contributed by atoms with van der Waals surface area (Å²) in [7, 11) is -9.17. The van der Waals surface area contributed by atoms with Crippen LogP contribution in [0.4, 0.5) is 5.69 Å². The molecule has 1 aliphatic carbocycles. The first-order valence-corrected chi connectivity index (χ1v) is 19.4. The van der Waals surface area contributed by atoms with E-state index in [1.165, 1.54) is 24.3 Å². The minimum Gasteiger partial charge on any atom is -0.744 e. The average Bonchev–Trinajstić information content (AvgIpc) is 3.12. The summed E-state index contributed by atoms with van der Waals surface area (Å²) in [6.07, 6.45) is 7.50. The molecule has 1 aliphatic rings. The Bertz CT molecular complexity index is 2220. The predicted octanol–water partition coefficient (Wildman–Crippen LogP) is -0.296. The molecule has 11 nitrogen and oxygen atoms in total. The van der Waals surface area contributed by atoms with Gasteiger partial charge < -0.3 is 14.7 Å². The Balaban J connectivity index is 0.00000378. The maximum atomic E-state index is 12.5. The van der Waals surface area contributed by atoms with Crippen molar-refractivity contribution in [3.8, 4) is 0 Å². The quantitative estimate of drug-likeness (QED) is 0.0447. The van der Waals surface area contributed by atoms with Crippen molar-refractivity contribution in [1.82, 2.24) is 0 Å². The third-order valence-electron chi connectivity index (χ3n) is 8.23. The maximum absolute atomic E-state index is 12.5. The fraction of sp³-hybridized carbons (Fsp3) is 0.162. The fourth-order valence-corrected chi connectivity index (χ4v) is 7.49. The van der Waals surface area contributed by atoms with E-state index in [1.54, 1.807) is 30.3 Å². The van der Waals surface area contributed by atoms with Crippen molar-refractivity contribution in [2.24, 2.45) is 0 Å². The molecule has 5 rings (SSSR count). The SMILES string of the molecule is CCN(Cc1cccc(SOO[O-])c1)c1ccc(C(=C2C=CC(=[N+](CC)Cc3cccc(S(=O)(=O)[O-])c3)C=C2)c2ccccc2S(=O)(=O)O)cc1.[Na+].[Na+]. The van der Waals surface area contributed by atoms with Gasteiger partial charge in [0.2, 0.25) is 0 Å². The van der Waals surface area contributed by atoms with Crippen LogP contribution in [0.3, 0.4) is 0 Å². The van der Waals surface area contributed by atoms with Gasteiger partial charge in [-0.05, 0) is 90.7 Å². The van der Waals surface area contributed by atoms with E-state index in [2.05, 4.69) is 14.3 Å². The van der Waals surface area contributed by atoms with E-state index in [1.807, 2.05) is 85.2 Å². The van der Waals surface area contributed by atoms with Gasteiger partial charge >= 0.3 is 59.1 Å². The topological polar surface area (TPSA) is 159 Å². The minimum absolute atomic E-state index is 0. The van der Waals surface area contributed by atoms with Crippen molar-refractivity contribution in [1.29, 1.82) is 0 Å². The summed E-state index contributed by atoms with van der Waals surface area (Å²) in [5, 5.41) is 13.7. The molecule has 0 saturated heterocycles. The van der Waals surface area contributed by atoms with Crippen LogP contribution in [0.5, 0.6) is 0 Å². The van der Waals surface area contributed by atoms with Crippen molar-refractivity contribution < 1.29 is 104 Å². The normalized spacial score (nSPS) is 12.5. The van der Waals surface area contributed by atoms with E-state index < -0.39 is 20.2 Å². The zero-order valence-corrected chi connectivity index (χ0v) is 36.2. The van der Waals surface area contributed by atoms with Crippen LogP contribution < -0.4 is 69.3 Å². The van der Waals surface area contributed by atoms with Crippen LogP contribution in [0.25, 0.3) is 5.57 Å². The molecule has 1 N–H and O–H groups in total. The second kappa shape index (κ2) is 20.5. The summed E-state index contributed by atoms with van der Waals surface area (Å²) in [6.45, 7) is 6.17. The molecule has 266 valence electrons. The number of allylic oxidation sites excluding steroid dienone is 5. The number of benzene rings is 4. The number of anilines is 1. The van der Waals surface area contributed by atoms with Crippen LogP contribution in [-0.2, 0) is 42.7 Å². The summed E-state index contributed by atoms with van der Waals surface area (Å²) in [5.74, 6) is 0. The van der Waals surface area contributed by atoms with Gasteiger partial charge in [0.05, 0.1) is 16.9 Å². The van der Waals surface area contributed by atoms with Crippen LogP contribution in [0.1, 0.15) is 36.1 Å². The summed E-state index contributed by atoms with van der Waals surface area (Å²) in [5.41, 5.74) is 5.72. The molecular formula is C37H35N2Na2O9S3+. The van der Waals surface area contributed by atoms with Crippen molar-refractivity contribution in [3.05, 3.63) is 149 Å². The van der Waals surface area contributed by atoms with E-state index in [0.29, 0.717) is 53.3 Å². The number of hydrogen-bond acceptors (Lipinski definition) is 10. The zero-order chi connectivity index (χ0) is 36.6. The minimum atomic E-state index is -4.59. The predicted molar refractivity (Wildman–Crippen MR) is 192 cm³/mol. The first-order chi connectivity index (χ1) is 24.4. The summed E-state index contributed by atoms with van der Waals surface area (Å²) < 4.78 is 76.4. The molecule has 4 aromatic rings. The number of hydrogen-bond donors (Lipinski definition) is 1. The molecule has 0 unspecified atom stereocenters. The molecule has 0 fully saturated rings. The van der Waals surface area contributed by atoms with Gasteiger partial charge in [-0.25, -0.2) is 13.0 Å². The van der Waals surface area contributed by atoms with E-state index in [0.717, 1.165) is 34.6 Å². The monoisotopic (exact) mass is 793 g/mol. The van der Waals surface area contributed by atoms with Crippen LogP contribution in [-0.4, -0.2) is 49.3 Å². The van der Waals surface area contributed by atoms with Crippen LogP contribution in [0.15, 0.2) is 142 Å². The molecule has 4 aromatic carbocycles. The number of nitrogens with zero attached hydrogens (tertiary/aromatic N) is 2. The third-order valence-corrected chi connectivity index (χ3v) is 10.5. The molecule has 53 heavy (non-hydrogen) atoms. The van der Waals surface area contributed by atoms with Crippen LogP contribution in [0, 0.1) is 0 Å². The van der Waals surface area contributed by atoms with Crippen LogP contribution in [0.2, 0.25) is 0 Å². The standard InChI is InChI=1S/C37H36N2O9S3.2Na/c1-3-38(25-27-9-7-11-33(23-27)49-48-47-40)31-19-15-29(16-20-31)37(35-13-5-6-14-36(35)51(44,45)46)30-17-21-32(22-18-30)39(4-2)26-28-10-8-12-34(24-28)50(41,42)43;;/h5-24H,3-4,25-26H2,1-2H3,(H2-,40,41,42,43,44,45,46);;/q;2*+1/p-1. The maximum Gasteiger partial charge on any atom is 1.00 e. The molecule has 0 spiro atoms. The Labute approximate surface area is 358 Å². The van der Waals surface area contributed by atoms with Gasteiger partial charge in [-0.1, -0.05) is 54.6 Å². The zero-order valence-electron chi connectivity index (χ0n) is 29.7. The molecule has 0 atom stereocenters. The Hall–Kier alpha value is -2.38. The molecule has 0 bridgehead atoms. The smallest absolute Gasteiger partial charge is 0.744 e. The van der Waals surface area contributed by atoms with Gasteiger partial charge in [0.25, 0.3) is 10.1 Å². The Morgan fingerprint density at radius 3 is 2.11 bits per heavy atom. The second-order valence-corrected chi connectivity index (χ2v) is 15.0. The number of rotatable bonds is 14. The van der Waals surface area contributed by atoms with Crippen molar-refractivity contribution in [2.45, 2.75) is 41.6 Å². The fourth-order valence-electron chi connectivity index (χ4n) is 5.81. The Kier molecular flexibility index (Phi) is 17.4. The van der Waals surface area contributed by atoms with Gasteiger partial charge in [0.1, 0.15) is 21.6 Å². The molecule has 0 aromatic heterocycles. The first kappa shape index (κ1) is 45.0. The van der Waals surface area contributed by atoms with Gasteiger partial charge in [0.15, 0.2) is 12.3 Å². The van der Waals surface area contributed by atoms with Crippen LogP contribution >= 0.6 is 12.0 Å². The second-order valence-electron chi connectivity index (χ2n) is 11.4. The van der Waals surface area contributed by atoms with E-state index in [4.69, 9.17) is 0 Å². The Morgan fingerprint density at radius 2 is 1.49 bits per heavy atom. The van der Waals surface area contributed by atoms with E-state index in [-0.39, 0.29) is 68.9 Å². The molecular weight excluding hydrogens is 759 g/mol. The molecule has 0 heterocycles. The van der Waals surface area contributed by atoms with Gasteiger partial charge in [-0.2, -0.15) is 12.8 Å². The first-order valence-electron chi connectivity index (χ1n) is 15.8. The van der Waals surface area contributed by atoms with Gasteiger partial charge in [0, 0.05) is 47.0 Å². The summed E-state index contributed by atoms with van der Waals surface area (Å²) in [4.78, 5) is 2.35. The summed E-state index contributed by atoms with van der Waals surface area (Å²) >= 11 is 0.824. The third kappa shape index (κ3) is 12.1. The van der Waals surface area contributed by atoms with Gasteiger partial charge in [-0.15, -0.1) is 0 Å². The average molecular weight is 794 g/mol. The van der Waals surface area contributed by atoms with Crippen molar-refractivity contribution >= 4 is 49.3 Å². The van der Waals surface area contributed by atoms with E-state index >= 15 is 0 Å².